The number of aryl methyl sites for hydroxylation is 1. The molecule has 1 amide bonds. The van der Waals surface area contributed by atoms with Gasteiger partial charge in [-0.1, -0.05) is 6.92 Å². The number of piperazine rings is 1. The third-order valence-corrected chi connectivity index (χ3v) is 5.04. The number of carbonyl (C=O) groups is 1. The van der Waals surface area contributed by atoms with Crippen molar-refractivity contribution < 1.29 is 4.79 Å². The van der Waals surface area contributed by atoms with Crippen LogP contribution in [0.15, 0.2) is 5.38 Å². The predicted molar refractivity (Wildman–Crippen MR) is 81.3 cm³/mol. The SMILES string of the molecule is CCc1csc(N2CCCC2C(=O)N2CCNCC2)n1. The summed E-state index contributed by atoms with van der Waals surface area (Å²) in [5, 5.41) is 6.43. The van der Waals surface area contributed by atoms with E-state index in [0.717, 1.165) is 62.8 Å². The molecule has 20 heavy (non-hydrogen) atoms. The molecule has 110 valence electrons. The first-order chi connectivity index (χ1) is 9.79. The van der Waals surface area contributed by atoms with E-state index in [1.165, 1.54) is 0 Å². The first-order valence-corrected chi connectivity index (χ1v) is 8.38. The molecule has 1 atom stereocenters. The maximum atomic E-state index is 12.7. The fourth-order valence-electron chi connectivity index (χ4n) is 2.94. The van der Waals surface area contributed by atoms with Crippen LogP contribution in [0.4, 0.5) is 5.13 Å². The third-order valence-electron chi connectivity index (χ3n) is 4.11. The molecule has 2 aliphatic rings. The van der Waals surface area contributed by atoms with Crippen LogP contribution in [-0.2, 0) is 11.2 Å². The van der Waals surface area contributed by atoms with E-state index in [4.69, 9.17) is 0 Å². The topological polar surface area (TPSA) is 48.5 Å². The molecular formula is C14H22N4OS. The fraction of sp³-hybridized carbons (Fsp3) is 0.714. The Labute approximate surface area is 124 Å². The van der Waals surface area contributed by atoms with Crippen LogP contribution in [0.5, 0.6) is 0 Å². The lowest BCUT2D eigenvalue weighted by Gasteiger charge is -2.32. The Morgan fingerprint density at radius 1 is 1.45 bits per heavy atom. The van der Waals surface area contributed by atoms with Crippen LogP contribution in [0, 0.1) is 0 Å². The summed E-state index contributed by atoms with van der Waals surface area (Å²) in [4.78, 5) is 21.6. The zero-order valence-electron chi connectivity index (χ0n) is 12.0. The number of amides is 1. The van der Waals surface area contributed by atoms with Gasteiger partial charge in [-0.2, -0.15) is 0 Å². The van der Waals surface area contributed by atoms with Crippen molar-refractivity contribution >= 4 is 22.4 Å². The van der Waals surface area contributed by atoms with Gasteiger partial charge in [0, 0.05) is 38.1 Å². The van der Waals surface area contributed by atoms with E-state index >= 15 is 0 Å². The van der Waals surface area contributed by atoms with Crippen molar-refractivity contribution in [2.75, 3.05) is 37.6 Å². The molecule has 6 heteroatoms. The van der Waals surface area contributed by atoms with Gasteiger partial charge in [-0.3, -0.25) is 4.79 Å². The second-order valence-electron chi connectivity index (χ2n) is 5.40. The van der Waals surface area contributed by atoms with E-state index in [1.807, 2.05) is 4.90 Å². The molecule has 3 rings (SSSR count). The Bertz CT molecular complexity index is 469. The molecule has 0 spiro atoms. The van der Waals surface area contributed by atoms with Crippen molar-refractivity contribution in [2.24, 2.45) is 0 Å². The van der Waals surface area contributed by atoms with Crippen molar-refractivity contribution in [1.29, 1.82) is 0 Å². The van der Waals surface area contributed by atoms with E-state index in [9.17, 15) is 4.79 Å². The molecule has 2 saturated heterocycles. The molecule has 5 nitrogen and oxygen atoms in total. The molecule has 0 saturated carbocycles. The molecule has 2 fully saturated rings. The molecule has 2 aliphatic heterocycles. The van der Waals surface area contributed by atoms with Crippen LogP contribution in [0.2, 0.25) is 0 Å². The minimum Gasteiger partial charge on any atom is -0.338 e. The van der Waals surface area contributed by atoms with Crippen LogP contribution in [0.1, 0.15) is 25.5 Å². The van der Waals surface area contributed by atoms with Crippen molar-refractivity contribution in [3.05, 3.63) is 11.1 Å². The van der Waals surface area contributed by atoms with E-state index in [-0.39, 0.29) is 11.9 Å². The highest BCUT2D eigenvalue weighted by Crippen LogP contribution is 2.29. The summed E-state index contributed by atoms with van der Waals surface area (Å²) in [6.45, 7) is 6.57. The smallest absolute Gasteiger partial charge is 0.245 e. The van der Waals surface area contributed by atoms with Gasteiger partial charge in [-0.25, -0.2) is 4.98 Å². The van der Waals surface area contributed by atoms with Gasteiger partial charge >= 0.3 is 0 Å². The zero-order chi connectivity index (χ0) is 13.9. The molecular weight excluding hydrogens is 272 g/mol. The molecule has 0 aliphatic carbocycles. The summed E-state index contributed by atoms with van der Waals surface area (Å²) in [6.07, 6.45) is 3.01. The number of rotatable bonds is 3. The highest BCUT2D eigenvalue weighted by molar-refractivity contribution is 7.13. The van der Waals surface area contributed by atoms with Crippen LogP contribution in [0.3, 0.4) is 0 Å². The number of aromatic nitrogens is 1. The molecule has 1 aromatic rings. The first kappa shape index (κ1) is 13.8. The third kappa shape index (κ3) is 2.67. The van der Waals surface area contributed by atoms with Crippen LogP contribution in [-0.4, -0.2) is 54.6 Å². The van der Waals surface area contributed by atoms with Crippen molar-refractivity contribution in [2.45, 2.75) is 32.2 Å². The van der Waals surface area contributed by atoms with Gasteiger partial charge in [-0.15, -0.1) is 11.3 Å². The minimum atomic E-state index is 0.00366. The summed E-state index contributed by atoms with van der Waals surface area (Å²) in [6, 6.07) is 0.00366. The standard InChI is InChI=1S/C14H22N4OS/c1-2-11-10-20-14(16-11)18-7-3-4-12(18)13(19)17-8-5-15-6-9-17/h10,12,15H,2-9H2,1H3. The van der Waals surface area contributed by atoms with Gasteiger partial charge in [0.2, 0.25) is 5.91 Å². The van der Waals surface area contributed by atoms with E-state index in [0.29, 0.717) is 0 Å². The number of carbonyl (C=O) groups excluding carboxylic acids is 1. The summed E-state index contributed by atoms with van der Waals surface area (Å²) in [5.41, 5.74) is 1.13. The monoisotopic (exact) mass is 294 g/mol. The number of hydrogen-bond acceptors (Lipinski definition) is 5. The van der Waals surface area contributed by atoms with Gasteiger partial charge in [0.25, 0.3) is 0 Å². The lowest BCUT2D eigenvalue weighted by molar-refractivity contribution is -0.132. The molecule has 0 aromatic carbocycles. The Hall–Kier alpha value is -1.14. The summed E-state index contributed by atoms with van der Waals surface area (Å²) < 4.78 is 0. The molecule has 1 unspecified atom stereocenters. The number of anilines is 1. The first-order valence-electron chi connectivity index (χ1n) is 7.50. The quantitative estimate of drug-likeness (QED) is 0.907. The maximum Gasteiger partial charge on any atom is 0.245 e. The Balaban J connectivity index is 1.72. The highest BCUT2D eigenvalue weighted by Gasteiger charge is 2.35. The molecule has 3 heterocycles. The van der Waals surface area contributed by atoms with Crippen LogP contribution in [0.25, 0.3) is 0 Å². The molecule has 1 N–H and O–H groups in total. The van der Waals surface area contributed by atoms with E-state index < -0.39 is 0 Å². The van der Waals surface area contributed by atoms with E-state index in [2.05, 4.69) is 27.5 Å². The zero-order valence-corrected chi connectivity index (χ0v) is 12.8. The normalized spacial score (nSPS) is 23.4. The van der Waals surface area contributed by atoms with Gasteiger partial charge in [0.15, 0.2) is 5.13 Å². The van der Waals surface area contributed by atoms with Gasteiger partial charge in [0.1, 0.15) is 6.04 Å². The predicted octanol–water partition coefficient (Wildman–Crippen LogP) is 1.11. The van der Waals surface area contributed by atoms with Gasteiger partial charge < -0.3 is 15.1 Å². The van der Waals surface area contributed by atoms with Crippen LogP contribution < -0.4 is 10.2 Å². The average Bonchev–Trinajstić information content (AvgIpc) is 3.15. The largest absolute Gasteiger partial charge is 0.338 e. The van der Waals surface area contributed by atoms with Crippen molar-refractivity contribution in [3.63, 3.8) is 0 Å². The maximum absolute atomic E-state index is 12.7. The van der Waals surface area contributed by atoms with Gasteiger partial charge in [-0.05, 0) is 19.3 Å². The van der Waals surface area contributed by atoms with Crippen molar-refractivity contribution in [3.8, 4) is 0 Å². The lowest BCUT2D eigenvalue weighted by Crippen LogP contribution is -2.52. The molecule has 0 bridgehead atoms. The second kappa shape index (κ2) is 6.10. The Morgan fingerprint density at radius 2 is 2.25 bits per heavy atom. The summed E-state index contributed by atoms with van der Waals surface area (Å²) >= 11 is 1.67. The summed E-state index contributed by atoms with van der Waals surface area (Å²) in [7, 11) is 0. The highest BCUT2D eigenvalue weighted by atomic mass is 32.1. The Kier molecular flexibility index (Phi) is 4.21. The fourth-order valence-corrected chi connectivity index (χ4v) is 3.92. The van der Waals surface area contributed by atoms with Crippen LogP contribution >= 0.6 is 11.3 Å². The Morgan fingerprint density at radius 3 is 2.95 bits per heavy atom. The average molecular weight is 294 g/mol. The van der Waals surface area contributed by atoms with E-state index in [1.54, 1.807) is 11.3 Å². The number of nitrogens with zero attached hydrogens (tertiary/aromatic N) is 3. The molecule has 0 radical (unpaired) electrons. The summed E-state index contributed by atoms with van der Waals surface area (Å²) in [5.74, 6) is 0.289. The van der Waals surface area contributed by atoms with Gasteiger partial charge in [0.05, 0.1) is 5.69 Å². The van der Waals surface area contributed by atoms with Crippen molar-refractivity contribution in [1.82, 2.24) is 15.2 Å². The lowest BCUT2D eigenvalue weighted by atomic mass is 10.2. The second-order valence-corrected chi connectivity index (χ2v) is 6.24. The molecule has 1 aromatic heterocycles. The number of hydrogen-bond donors (Lipinski definition) is 1. The number of thiazole rings is 1. The number of nitrogens with one attached hydrogen (secondary N) is 1. The minimum absolute atomic E-state index is 0.00366.